The Balaban J connectivity index is 1.39. The van der Waals surface area contributed by atoms with E-state index in [2.05, 4.69) is 18.6 Å². The van der Waals surface area contributed by atoms with Crippen molar-refractivity contribution >= 4 is 11.9 Å². The number of allylic oxidation sites excluding steroid dienone is 1. The van der Waals surface area contributed by atoms with Crippen molar-refractivity contribution in [1.29, 1.82) is 0 Å². The van der Waals surface area contributed by atoms with E-state index in [0.29, 0.717) is 37.3 Å². The van der Waals surface area contributed by atoms with Gasteiger partial charge in [-0.2, -0.15) is 22.0 Å². The monoisotopic (exact) mass is 654 g/mol. The predicted octanol–water partition coefficient (Wildman–Crippen LogP) is 8.48. The maximum absolute atomic E-state index is 14.4. The third-order valence-electron chi connectivity index (χ3n) is 12.7. The van der Waals surface area contributed by atoms with Crippen molar-refractivity contribution in [2.45, 2.75) is 110 Å². The zero-order chi connectivity index (χ0) is 33.9. The second-order valence-electron chi connectivity index (χ2n) is 15.0. The fourth-order valence-electron chi connectivity index (χ4n) is 10.4. The third-order valence-corrected chi connectivity index (χ3v) is 12.7. The third kappa shape index (κ3) is 6.12. The van der Waals surface area contributed by atoms with Crippen LogP contribution in [0.4, 0.5) is 22.0 Å². The van der Waals surface area contributed by atoms with Crippen molar-refractivity contribution < 1.29 is 46.1 Å². The summed E-state index contributed by atoms with van der Waals surface area (Å²) in [4.78, 5) is 24.2. The number of rotatable bonds is 7. The largest absolute Gasteiger partial charge is 0.462 e. The van der Waals surface area contributed by atoms with Gasteiger partial charge >= 0.3 is 24.0 Å². The van der Waals surface area contributed by atoms with Gasteiger partial charge in [0.05, 0.1) is 17.8 Å². The number of hydrogen-bond acceptors (Lipinski definition) is 5. The topological polar surface area (TPSA) is 72.8 Å². The number of halogens is 5. The van der Waals surface area contributed by atoms with Gasteiger partial charge in [-0.1, -0.05) is 39.0 Å². The van der Waals surface area contributed by atoms with Crippen LogP contribution in [0, 0.1) is 46.3 Å². The Kier molecular flexibility index (Phi) is 9.23. The maximum Gasteiger partial charge on any atom is 0.416 e. The van der Waals surface area contributed by atoms with Crippen LogP contribution in [-0.2, 0) is 30.8 Å². The first-order chi connectivity index (χ1) is 21.4. The number of fused-ring (bicyclic) bond motifs is 5. The van der Waals surface area contributed by atoms with E-state index in [1.807, 2.05) is 6.92 Å². The van der Waals surface area contributed by atoms with E-state index in [1.165, 1.54) is 32.1 Å². The highest BCUT2D eigenvalue weighted by molar-refractivity contribution is 5.79. The zero-order valence-electron chi connectivity index (χ0n) is 27.3. The van der Waals surface area contributed by atoms with E-state index < -0.39 is 29.2 Å². The molecule has 4 aliphatic rings. The van der Waals surface area contributed by atoms with Crippen molar-refractivity contribution in [3.63, 3.8) is 0 Å². The highest BCUT2D eigenvalue weighted by Gasteiger charge is 2.64. The summed E-state index contributed by atoms with van der Waals surface area (Å²) in [7, 11) is 0. The molecule has 0 unspecified atom stereocenters. The Labute approximate surface area is 268 Å². The molecular formula is C36H47F5O5. The zero-order valence-corrected chi connectivity index (χ0v) is 27.3. The summed E-state index contributed by atoms with van der Waals surface area (Å²) in [6.07, 6.45) is 2.79. The molecule has 10 heteroatoms. The van der Waals surface area contributed by atoms with Gasteiger partial charge in [0, 0.05) is 12.8 Å². The smallest absolute Gasteiger partial charge is 0.416 e. The number of ether oxygens (including phenoxy) is 2. The quantitative estimate of drug-likeness (QED) is 0.181. The molecule has 0 radical (unpaired) electrons. The molecule has 0 aliphatic heterocycles. The van der Waals surface area contributed by atoms with E-state index in [4.69, 9.17) is 4.74 Å². The molecule has 0 heterocycles. The van der Waals surface area contributed by atoms with Gasteiger partial charge in [0.25, 0.3) is 0 Å². The lowest BCUT2D eigenvalue weighted by Gasteiger charge is -2.63. The Morgan fingerprint density at radius 1 is 1.00 bits per heavy atom. The van der Waals surface area contributed by atoms with Crippen LogP contribution in [0.3, 0.4) is 0 Å². The van der Waals surface area contributed by atoms with E-state index in [9.17, 15) is 36.6 Å². The fraction of sp³-hybridized carbons (Fsp3) is 0.722. The SMILES string of the molecule is CCOC(=O)C(F)(F)/C=C/[C@@H](C)[C@H]1CC[C@H]2[C@@H]3[C@H](OC(C)=O)C[C@@H]4C[C@](O)(c5ccc(C(F)(F)F)cc5)CC[C@]4(C)[C@H]3CC[C@]12C. The normalized spacial score (nSPS) is 38.4. The van der Waals surface area contributed by atoms with Crippen LogP contribution in [0.1, 0.15) is 97.1 Å². The van der Waals surface area contributed by atoms with Crippen LogP contribution in [0.5, 0.6) is 0 Å². The molecule has 1 N–H and O–H groups in total. The molecule has 0 bridgehead atoms. The van der Waals surface area contributed by atoms with E-state index >= 15 is 0 Å². The van der Waals surface area contributed by atoms with Crippen LogP contribution in [0.2, 0.25) is 0 Å². The van der Waals surface area contributed by atoms with Gasteiger partial charge in [-0.15, -0.1) is 0 Å². The minimum atomic E-state index is -4.46. The molecule has 5 rings (SSSR count). The average molecular weight is 655 g/mol. The Hall–Kier alpha value is -2.49. The van der Waals surface area contributed by atoms with Crippen molar-refractivity contribution in [3.8, 4) is 0 Å². The lowest BCUT2D eigenvalue weighted by atomic mass is 9.42. The van der Waals surface area contributed by atoms with E-state index in [-0.39, 0.29) is 65.0 Å². The molecule has 5 nitrogen and oxygen atoms in total. The van der Waals surface area contributed by atoms with Crippen LogP contribution < -0.4 is 0 Å². The summed E-state index contributed by atoms with van der Waals surface area (Å²) in [5.74, 6) is -5.25. The maximum atomic E-state index is 14.4. The molecule has 4 fully saturated rings. The molecule has 1 aromatic rings. The van der Waals surface area contributed by atoms with Gasteiger partial charge in [-0.25, -0.2) is 4.79 Å². The van der Waals surface area contributed by atoms with Crippen LogP contribution in [0.15, 0.2) is 36.4 Å². The fourth-order valence-corrected chi connectivity index (χ4v) is 10.4. The summed E-state index contributed by atoms with van der Waals surface area (Å²) in [5.41, 5.74) is -1.91. The number of alkyl halides is 5. The molecule has 4 saturated carbocycles. The van der Waals surface area contributed by atoms with Crippen LogP contribution in [0.25, 0.3) is 0 Å². The van der Waals surface area contributed by atoms with Crippen LogP contribution in [-0.4, -0.2) is 35.7 Å². The summed E-state index contributed by atoms with van der Waals surface area (Å²) in [6, 6.07) is 4.80. The summed E-state index contributed by atoms with van der Waals surface area (Å²) in [6.45, 7) is 9.19. The van der Waals surface area contributed by atoms with Crippen molar-refractivity contribution in [2.24, 2.45) is 46.3 Å². The lowest BCUT2D eigenvalue weighted by Crippen LogP contribution is -2.60. The van der Waals surface area contributed by atoms with Crippen molar-refractivity contribution in [1.82, 2.24) is 0 Å². The average Bonchev–Trinajstić information content (AvgIpc) is 3.33. The minimum Gasteiger partial charge on any atom is -0.462 e. The molecular weight excluding hydrogens is 607 g/mol. The molecule has 10 atom stereocenters. The highest BCUT2D eigenvalue weighted by atomic mass is 19.4. The molecule has 46 heavy (non-hydrogen) atoms. The van der Waals surface area contributed by atoms with Crippen molar-refractivity contribution in [2.75, 3.05) is 6.61 Å². The van der Waals surface area contributed by atoms with E-state index in [0.717, 1.165) is 37.8 Å². The predicted molar refractivity (Wildman–Crippen MR) is 161 cm³/mol. The van der Waals surface area contributed by atoms with Gasteiger partial charge in [0.1, 0.15) is 6.10 Å². The first-order valence-electron chi connectivity index (χ1n) is 16.7. The molecule has 0 aromatic heterocycles. The molecule has 0 saturated heterocycles. The van der Waals surface area contributed by atoms with Gasteiger partial charge in [-0.05, 0) is 122 Å². The lowest BCUT2D eigenvalue weighted by molar-refractivity contribution is -0.204. The first-order valence-corrected chi connectivity index (χ1v) is 16.7. The summed E-state index contributed by atoms with van der Waals surface area (Å²) >= 11 is 0. The molecule has 0 spiro atoms. The standard InChI is InChI=1S/C36H47F5O5/c1-6-45-31(43)35(37,38)16-13-21(2)26-11-12-27-30-28(14-15-33(26,27)5)32(4)17-18-34(44,20-25(32)19-29(30)46-22(3)42)23-7-9-24(10-8-23)36(39,40)41/h7-10,13,16,21,25-30,44H,6,11-12,14-15,17-20H2,1-5H3/b16-13+/t21-,25-,26-,27+,28+,29-,30+,32+,33-,34+/m1/s1. The second kappa shape index (κ2) is 12.2. The number of carbonyl (C=O) groups is 2. The Bertz CT molecular complexity index is 1330. The summed E-state index contributed by atoms with van der Waals surface area (Å²) in [5, 5.41) is 11.8. The number of esters is 2. The van der Waals surface area contributed by atoms with Gasteiger partial charge in [-0.3, -0.25) is 4.79 Å². The number of benzene rings is 1. The highest BCUT2D eigenvalue weighted by Crippen LogP contribution is 2.69. The number of aliphatic hydroxyl groups is 1. The van der Waals surface area contributed by atoms with Crippen LogP contribution >= 0.6 is 0 Å². The van der Waals surface area contributed by atoms with Crippen molar-refractivity contribution in [3.05, 3.63) is 47.5 Å². The van der Waals surface area contributed by atoms with Gasteiger partial charge in [0.2, 0.25) is 0 Å². The molecule has 1 aromatic carbocycles. The number of carbonyl (C=O) groups excluding carboxylic acids is 2. The number of hydrogen-bond donors (Lipinski definition) is 1. The minimum absolute atomic E-state index is 0.00679. The molecule has 256 valence electrons. The Morgan fingerprint density at radius 2 is 1.65 bits per heavy atom. The molecule has 0 amide bonds. The van der Waals surface area contributed by atoms with E-state index in [1.54, 1.807) is 0 Å². The Morgan fingerprint density at radius 3 is 2.26 bits per heavy atom. The molecule has 4 aliphatic carbocycles. The summed E-state index contributed by atoms with van der Waals surface area (Å²) < 4.78 is 79.1. The first kappa shape index (κ1) is 34.8. The second-order valence-corrected chi connectivity index (χ2v) is 15.0. The van der Waals surface area contributed by atoms with Gasteiger partial charge < -0.3 is 14.6 Å². The van der Waals surface area contributed by atoms with Gasteiger partial charge in [0.15, 0.2) is 0 Å².